The molecule has 1 aliphatic carbocycles. The molecule has 8 heteroatoms. The summed E-state index contributed by atoms with van der Waals surface area (Å²) in [5.41, 5.74) is 16.6. The number of nitrogens with one attached hydrogen (secondary N) is 2. The Kier molecular flexibility index (Phi) is 5.89. The van der Waals surface area contributed by atoms with Crippen LogP contribution in [0.5, 0.6) is 0 Å². The molecule has 106 valence electrons. The maximum atomic E-state index is 9.27. The molecule has 8 nitrogen and oxygen atoms in total. The fourth-order valence-corrected chi connectivity index (χ4v) is 2.34. The number of nitriles is 1. The van der Waals surface area contributed by atoms with Gasteiger partial charge in [0.1, 0.15) is 0 Å². The van der Waals surface area contributed by atoms with E-state index in [9.17, 15) is 5.26 Å². The molecule has 19 heavy (non-hydrogen) atoms. The Morgan fingerprint density at radius 1 is 1.42 bits per heavy atom. The van der Waals surface area contributed by atoms with E-state index in [0.717, 1.165) is 25.7 Å². The standard InChI is InChI=1S/C11H22N8/c12-5-6-17-11(16)19(7-13)9-4-2-1-3-8(9)18-10(14)15/h8-9H,1-6,12H2,(H2,16,17)(H4,14,15,18). The van der Waals surface area contributed by atoms with Gasteiger partial charge in [0.15, 0.2) is 12.2 Å². The van der Waals surface area contributed by atoms with Gasteiger partial charge in [-0.05, 0) is 12.8 Å². The first-order valence-electron chi connectivity index (χ1n) is 6.39. The van der Waals surface area contributed by atoms with Crippen molar-refractivity contribution < 1.29 is 0 Å². The summed E-state index contributed by atoms with van der Waals surface area (Å²) in [6.07, 6.45) is 5.80. The van der Waals surface area contributed by atoms with Crippen LogP contribution in [0.15, 0.2) is 4.99 Å². The highest BCUT2D eigenvalue weighted by molar-refractivity contribution is 5.80. The zero-order chi connectivity index (χ0) is 14.3. The molecule has 0 heterocycles. The Morgan fingerprint density at radius 3 is 2.68 bits per heavy atom. The van der Waals surface area contributed by atoms with Crippen molar-refractivity contribution in [1.29, 1.82) is 10.7 Å². The molecule has 0 radical (unpaired) electrons. The predicted octanol–water partition coefficient (Wildman–Crippen LogP) is -1.16. The summed E-state index contributed by atoms with van der Waals surface area (Å²) in [7, 11) is 0. The predicted molar refractivity (Wildman–Crippen MR) is 74.1 cm³/mol. The molecule has 2 atom stereocenters. The largest absolute Gasteiger partial charge is 0.370 e. The summed E-state index contributed by atoms with van der Waals surface area (Å²) >= 11 is 0. The first-order chi connectivity index (χ1) is 9.10. The lowest BCUT2D eigenvalue weighted by Crippen LogP contribution is -2.56. The number of aliphatic imine (C=N–C) groups is 1. The Hall–Kier alpha value is -2.01. The van der Waals surface area contributed by atoms with E-state index in [4.69, 9.17) is 22.6 Å². The molecule has 1 saturated carbocycles. The van der Waals surface area contributed by atoms with Crippen molar-refractivity contribution in [3.63, 3.8) is 0 Å². The fraction of sp³-hybridized carbons (Fsp3) is 0.727. The van der Waals surface area contributed by atoms with E-state index in [2.05, 4.69) is 16.5 Å². The number of hydrogen-bond acceptors (Lipinski definition) is 4. The summed E-state index contributed by atoms with van der Waals surface area (Å²) < 4.78 is 0. The molecule has 0 bridgehead atoms. The molecule has 0 aromatic heterocycles. The van der Waals surface area contributed by atoms with Gasteiger partial charge >= 0.3 is 0 Å². The highest BCUT2D eigenvalue weighted by Gasteiger charge is 2.31. The molecular formula is C11H22N8. The highest BCUT2D eigenvalue weighted by Crippen LogP contribution is 2.22. The van der Waals surface area contributed by atoms with Crippen LogP contribution in [0.4, 0.5) is 0 Å². The maximum absolute atomic E-state index is 9.27. The van der Waals surface area contributed by atoms with Gasteiger partial charge in [-0.15, -0.1) is 0 Å². The second-order valence-electron chi connectivity index (χ2n) is 4.51. The number of nitrogens with two attached hydrogens (primary N) is 3. The van der Waals surface area contributed by atoms with Crippen LogP contribution in [0.2, 0.25) is 0 Å². The molecule has 0 aliphatic heterocycles. The molecule has 0 aromatic carbocycles. The average molecular weight is 266 g/mol. The first-order valence-corrected chi connectivity index (χ1v) is 6.39. The van der Waals surface area contributed by atoms with Crippen LogP contribution in [0.3, 0.4) is 0 Å². The Balaban J connectivity index is 2.81. The second kappa shape index (κ2) is 7.43. The Morgan fingerprint density at radius 2 is 2.11 bits per heavy atom. The Labute approximate surface area is 113 Å². The van der Waals surface area contributed by atoms with Gasteiger partial charge < -0.3 is 22.5 Å². The summed E-state index contributed by atoms with van der Waals surface area (Å²) in [5, 5.41) is 19.5. The van der Waals surface area contributed by atoms with Gasteiger partial charge in [0.05, 0.1) is 18.6 Å². The highest BCUT2D eigenvalue weighted by atomic mass is 15.3. The molecule has 1 aliphatic rings. The van der Waals surface area contributed by atoms with Crippen LogP contribution >= 0.6 is 0 Å². The minimum Gasteiger partial charge on any atom is -0.370 e. The third-order valence-corrected chi connectivity index (χ3v) is 3.16. The van der Waals surface area contributed by atoms with Gasteiger partial charge in [0.2, 0.25) is 5.96 Å². The Bertz CT molecular complexity index is 371. The van der Waals surface area contributed by atoms with E-state index in [0.29, 0.717) is 13.1 Å². The minimum atomic E-state index is -0.121. The SMILES string of the molecule is N#CN(C(N)=NCCN)C1CCCCC1NC(=N)N. The third kappa shape index (κ3) is 4.30. The van der Waals surface area contributed by atoms with Gasteiger partial charge in [-0.2, -0.15) is 5.26 Å². The number of hydrogen-bond donors (Lipinski definition) is 5. The monoisotopic (exact) mass is 266 g/mol. The molecule has 0 spiro atoms. The quantitative estimate of drug-likeness (QED) is 0.187. The second-order valence-corrected chi connectivity index (χ2v) is 4.51. The molecule has 8 N–H and O–H groups in total. The normalized spacial score (nSPS) is 23.5. The first kappa shape index (κ1) is 15.0. The minimum absolute atomic E-state index is 0.0578. The molecule has 1 rings (SSSR count). The molecule has 0 saturated heterocycles. The van der Waals surface area contributed by atoms with Crippen molar-refractivity contribution in [2.75, 3.05) is 13.1 Å². The zero-order valence-corrected chi connectivity index (χ0v) is 11.0. The van der Waals surface area contributed by atoms with Crippen molar-refractivity contribution >= 4 is 11.9 Å². The summed E-state index contributed by atoms with van der Waals surface area (Å²) in [6, 6.07) is -0.179. The summed E-state index contributed by atoms with van der Waals surface area (Å²) in [6.45, 7) is 0.779. The fourth-order valence-electron chi connectivity index (χ4n) is 2.34. The van der Waals surface area contributed by atoms with Crippen molar-refractivity contribution in [2.24, 2.45) is 22.2 Å². The van der Waals surface area contributed by atoms with Crippen molar-refractivity contribution in [1.82, 2.24) is 10.2 Å². The average Bonchev–Trinajstić information content (AvgIpc) is 2.38. The van der Waals surface area contributed by atoms with E-state index in [1.165, 1.54) is 4.90 Å². The van der Waals surface area contributed by atoms with Gasteiger partial charge in [0, 0.05) is 6.54 Å². The van der Waals surface area contributed by atoms with E-state index in [-0.39, 0.29) is 24.0 Å². The lowest BCUT2D eigenvalue weighted by molar-refractivity contribution is 0.251. The molecule has 2 unspecified atom stereocenters. The lowest BCUT2D eigenvalue weighted by Gasteiger charge is -2.36. The van der Waals surface area contributed by atoms with Crippen LogP contribution in [-0.2, 0) is 0 Å². The third-order valence-electron chi connectivity index (χ3n) is 3.16. The number of guanidine groups is 2. The van der Waals surface area contributed by atoms with Crippen LogP contribution in [0, 0.1) is 16.9 Å². The van der Waals surface area contributed by atoms with Crippen molar-refractivity contribution in [2.45, 2.75) is 37.8 Å². The van der Waals surface area contributed by atoms with E-state index >= 15 is 0 Å². The topological polar surface area (TPSA) is 153 Å². The van der Waals surface area contributed by atoms with Gasteiger partial charge in [-0.1, -0.05) is 12.8 Å². The number of nitrogens with zero attached hydrogens (tertiary/aromatic N) is 3. The molecule has 1 fully saturated rings. The van der Waals surface area contributed by atoms with E-state index in [1.54, 1.807) is 0 Å². The number of rotatable bonds is 4. The van der Waals surface area contributed by atoms with Crippen molar-refractivity contribution in [3.05, 3.63) is 0 Å². The summed E-state index contributed by atoms with van der Waals surface area (Å²) in [5.74, 6) is 0.0856. The lowest BCUT2D eigenvalue weighted by atomic mass is 9.89. The molecule has 0 aromatic rings. The van der Waals surface area contributed by atoms with Crippen LogP contribution in [0.1, 0.15) is 25.7 Å². The smallest absolute Gasteiger partial charge is 0.205 e. The van der Waals surface area contributed by atoms with E-state index < -0.39 is 0 Å². The molecule has 0 amide bonds. The van der Waals surface area contributed by atoms with Crippen LogP contribution in [-0.4, -0.2) is 42.0 Å². The van der Waals surface area contributed by atoms with Gasteiger partial charge in [-0.25, -0.2) is 4.90 Å². The van der Waals surface area contributed by atoms with Crippen LogP contribution in [0.25, 0.3) is 0 Å². The van der Waals surface area contributed by atoms with Crippen molar-refractivity contribution in [3.8, 4) is 6.19 Å². The van der Waals surface area contributed by atoms with E-state index in [1.807, 2.05) is 0 Å². The zero-order valence-electron chi connectivity index (χ0n) is 11.0. The summed E-state index contributed by atoms with van der Waals surface area (Å²) in [4.78, 5) is 5.46. The van der Waals surface area contributed by atoms with Crippen LogP contribution < -0.4 is 22.5 Å². The van der Waals surface area contributed by atoms with Gasteiger partial charge in [-0.3, -0.25) is 10.4 Å². The maximum Gasteiger partial charge on any atom is 0.205 e. The van der Waals surface area contributed by atoms with Gasteiger partial charge in [0.25, 0.3) is 0 Å². The molecular weight excluding hydrogens is 244 g/mol.